The summed E-state index contributed by atoms with van der Waals surface area (Å²) in [5, 5.41) is 7.07. The molecule has 0 fully saturated rings. The first-order valence-corrected chi connectivity index (χ1v) is 3.65. The van der Waals surface area contributed by atoms with Crippen LogP contribution < -0.4 is 0 Å². The Morgan fingerprint density at radius 3 is 1.92 bits per heavy atom. The summed E-state index contributed by atoms with van der Waals surface area (Å²) in [6.07, 6.45) is 10.7. The summed E-state index contributed by atoms with van der Waals surface area (Å²) in [5.41, 5.74) is 0. The summed E-state index contributed by atoms with van der Waals surface area (Å²) in [6.45, 7) is 0.733. The molecule has 1 aliphatic heterocycles. The molecule has 1 aromatic heterocycles. The van der Waals surface area contributed by atoms with Crippen LogP contribution in [0.5, 0.6) is 0 Å². The van der Waals surface area contributed by atoms with Gasteiger partial charge >= 0.3 is 0 Å². The third-order valence-corrected chi connectivity index (χ3v) is 1.10. The van der Waals surface area contributed by atoms with Gasteiger partial charge in [-0.25, -0.2) is 0 Å². The zero-order valence-electron chi connectivity index (χ0n) is 6.63. The van der Waals surface area contributed by atoms with Gasteiger partial charge in [-0.3, -0.25) is 0 Å². The van der Waals surface area contributed by atoms with Gasteiger partial charge in [0, 0.05) is 12.4 Å². The van der Waals surface area contributed by atoms with Crippen LogP contribution in [0.3, 0.4) is 0 Å². The lowest BCUT2D eigenvalue weighted by molar-refractivity contribution is 0.286. The first kappa shape index (κ1) is 8.46. The third-order valence-electron chi connectivity index (χ3n) is 1.10. The molecule has 1 aliphatic rings. The molecule has 0 radical (unpaired) electrons. The van der Waals surface area contributed by atoms with Crippen LogP contribution in [-0.2, 0) is 4.74 Å². The number of allylic oxidation sites excluding steroid dienone is 2. The van der Waals surface area contributed by atoms with Gasteiger partial charge in [0.1, 0.15) is 6.61 Å². The van der Waals surface area contributed by atoms with E-state index in [2.05, 4.69) is 10.2 Å². The largest absolute Gasteiger partial charge is 0.497 e. The molecule has 0 spiro atoms. The molecular weight excluding hydrogens is 152 g/mol. The van der Waals surface area contributed by atoms with Gasteiger partial charge in [0.15, 0.2) is 0 Å². The van der Waals surface area contributed by atoms with Crippen molar-refractivity contribution >= 4 is 0 Å². The van der Waals surface area contributed by atoms with E-state index in [4.69, 9.17) is 4.74 Å². The molecule has 3 heteroatoms. The van der Waals surface area contributed by atoms with E-state index in [-0.39, 0.29) is 0 Å². The molecule has 0 amide bonds. The van der Waals surface area contributed by atoms with E-state index in [0.29, 0.717) is 0 Å². The minimum atomic E-state index is 0.733. The van der Waals surface area contributed by atoms with Gasteiger partial charge < -0.3 is 4.74 Å². The van der Waals surface area contributed by atoms with Gasteiger partial charge in [-0.05, 0) is 24.3 Å². The monoisotopic (exact) mass is 162 g/mol. The second-order valence-electron chi connectivity index (χ2n) is 2.00. The van der Waals surface area contributed by atoms with Crippen molar-refractivity contribution in [3.63, 3.8) is 0 Å². The van der Waals surface area contributed by atoms with Gasteiger partial charge in [0.05, 0.1) is 6.26 Å². The zero-order chi connectivity index (χ0) is 8.49. The second kappa shape index (κ2) is 6.09. The Morgan fingerprint density at radius 2 is 1.75 bits per heavy atom. The van der Waals surface area contributed by atoms with Gasteiger partial charge in [0.25, 0.3) is 0 Å². The molecule has 0 saturated carbocycles. The number of nitrogens with zero attached hydrogens (tertiary/aromatic N) is 2. The predicted octanol–water partition coefficient (Wildman–Crippen LogP) is 1.56. The van der Waals surface area contributed by atoms with Crippen LogP contribution in [0.2, 0.25) is 0 Å². The summed E-state index contributed by atoms with van der Waals surface area (Å²) >= 11 is 0. The standard InChI is InChI=1S/C5H6O.C4H4N2/c2*1-2-4-6-5-3-1/h1-4H,5H2;1-4H. The fraction of sp³-hybridized carbons (Fsp3) is 0.111. The van der Waals surface area contributed by atoms with Crippen LogP contribution in [0.15, 0.2) is 49.0 Å². The molecule has 0 atom stereocenters. The van der Waals surface area contributed by atoms with E-state index in [1.165, 1.54) is 0 Å². The van der Waals surface area contributed by atoms with Crippen molar-refractivity contribution < 1.29 is 4.74 Å². The third kappa shape index (κ3) is 4.22. The van der Waals surface area contributed by atoms with Crippen molar-refractivity contribution in [2.45, 2.75) is 0 Å². The molecule has 0 unspecified atom stereocenters. The van der Waals surface area contributed by atoms with Crippen molar-refractivity contribution in [1.82, 2.24) is 10.2 Å². The maximum atomic E-state index is 4.80. The molecule has 3 nitrogen and oxygen atoms in total. The summed E-state index contributed by atoms with van der Waals surface area (Å²) in [6, 6.07) is 3.65. The summed E-state index contributed by atoms with van der Waals surface area (Å²) in [5.74, 6) is 0. The molecule has 0 aromatic carbocycles. The predicted molar refractivity (Wildman–Crippen MR) is 46.3 cm³/mol. The topological polar surface area (TPSA) is 35.0 Å². The number of aromatic nitrogens is 2. The van der Waals surface area contributed by atoms with Gasteiger partial charge in [-0.1, -0.05) is 6.08 Å². The molecule has 0 bridgehead atoms. The molecule has 2 rings (SSSR count). The maximum Gasteiger partial charge on any atom is 0.106 e. The smallest absolute Gasteiger partial charge is 0.106 e. The van der Waals surface area contributed by atoms with Crippen LogP contribution in [0, 0.1) is 0 Å². The number of rotatable bonds is 0. The van der Waals surface area contributed by atoms with Gasteiger partial charge in [-0.15, -0.1) is 0 Å². The highest BCUT2D eigenvalue weighted by molar-refractivity contribution is 5.02. The van der Waals surface area contributed by atoms with Crippen molar-refractivity contribution in [2.24, 2.45) is 0 Å². The number of ether oxygens (including phenoxy) is 1. The van der Waals surface area contributed by atoms with Crippen molar-refractivity contribution in [3.05, 3.63) is 49.0 Å². The normalized spacial score (nSPS) is 12.7. The molecule has 62 valence electrons. The second-order valence-corrected chi connectivity index (χ2v) is 2.00. The molecule has 1 aromatic rings. The first-order valence-electron chi connectivity index (χ1n) is 3.65. The van der Waals surface area contributed by atoms with E-state index in [1.807, 2.05) is 30.4 Å². The maximum absolute atomic E-state index is 4.80. The Morgan fingerprint density at radius 1 is 1.00 bits per heavy atom. The van der Waals surface area contributed by atoms with Gasteiger partial charge in [0.2, 0.25) is 0 Å². The molecule has 0 saturated heterocycles. The summed E-state index contributed by atoms with van der Waals surface area (Å²) in [7, 11) is 0. The van der Waals surface area contributed by atoms with E-state index >= 15 is 0 Å². The average Bonchev–Trinajstić information content (AvgIpc) is 2.24. The lowest BCUT2D eigenvalue weighted by Crippen LogP contribution is -1.82. The fourth-order valence-corrected chi connectivity index (χ4v) is 0.599. The van der Waals surface area contributed by atoms with Gasteiger partial charge in [-0.2, -0.15) is 10.2 Å². The quantitative estimate of drug-likeness (QED) is 0.580. The Bertz CT molecular complexity index is 205. The van der Waals surface area contributed by atoms with E-state index in [1.54, 1.807) is 18.7 Å². The van der Waals surface area contributed by atoms with Crippen LogP contribution in [0.4, 0.5) is 0 Å². The fourth-order valence-electron chi connectivity index (χ4n) is 0.599. The number of hydrogen-bond donors (Lipinski definition) is 0. The highest BCUT2D eigenvalue weighted by Gasteiger charge is 1.75. The van der Waals surface area contributed by atoms with Crippen LogP contribution in [-0.4, -0.2) is 16.8 Å². The van der Waals surface area contributed by atoms with Crippen molar-refractivity contribution in [2.75, 3.05) is 6.61 Å². The van der Waals surface area contributed by atoms with Crippen molar-refractivity contribution in [1.29, 1.82) is 0 Å². The molecule has 0 N–H and O–H groups in total. The Balaban J connectivity index is 0.000000120. The Kier molecular flexibility index (Phi) is 4.30. The zero-order valence-corrected chi connectivity index (χ0v) is 6.63. The number of hydrogen-bond acceptors (Lipinski definition) is 3. The average molecular weight is 162 g/mol. The minimum absolute atomic E-state index is 0.733. The lowest BCUT2D eigenvalue weighted by atomic mass is 10.5. The van der Waals surface area contributed by atoms with Crippen LogP contribution >= 0.6 is 0 Å². The minimum Gasteiger partial charge on any atom is -0.497 e. The Labute approximate surface area is 71.4 Å². The molecule has 0 aliphatic carbocycles. The first-order chi connectivity index (χ1) is 6.00. The van der Waals surface area contributed by atoms with E-state index in [9.17, 15) is 0 Å². The molecule has 2 heterocycles. The van der Waals surface area contributed by atoms with E-state index < -0.39 is 0 Å². The molecular formula is C9H10N2O. The highest BCUT2D eigenvalue weighted by Crippen LogP contribution is 1.87. The highest BCUT2D eigenvalue weighted by atomic mass is 16.5. The SMILES string of the molecule is C1=CCOC=C1.c1ccnnc1. The van der Waals surface area contributed by atoms with E-state index in [0.717, 1.165) is 6.61 Å². The van der Waals surface area contributed by atoms with Crippen LogP contribution in [0.1, 0.15) is 0 Å². The summed E-state index contributed by atoms with van der Waals surface area (Å²) in [4.78, 5) is 0. The molecule has 12 heavy (non-hydrogen) atoms. The van der Waals surface area contributed by atoms with Crippen LogP contribution in [0.25, 0.3) is 0 Å². The Hall–Kier alpha value is -1.64. The summed E-state index contributed by atoms with van der Waals surface area (Å²) < 4.78 is 4.80. The van der Waals surface area contributed by atoms with Crippen molar-refractivity contribution in [3.8, 4) is 0 Å². The lowest BCUT2D eigenvalue weighted by Gasteiger charge is -1.94.